The fourth-order valence-corrected chi connectivity index (χ4v) is 3.52. The lowest BCUT2D eigenvalue weighted by atomic mass is 10.1. The van der Waals surface area contributed by atoms with E-state index in [9.17, 15) is 4.79 Å². The number of imidazole rings is 1. The van der Waals surface area contributed by atoms with Gasteiger partial charge in [-0.1, -0.05) is 24.3 Å². The number of aromatic nitrogens is 5. The van der Waals surface area contributed by atoms with E-state index in [2.05, 4.69) is 30.7 Å². The third-order valence-corrected chi connectivity index (χ3v) is 4.91. The average molecular weight is 436 g/mol. The summed E-state index contributed by atoms with van der Waals surface area (Å²) in [5, 5.41) is 10.6. The minimum atomic E-state index is -0.207. The second-order valence-electron chi connectivity index (χ2n) is 7.35. The first-order valence-corrected chi connectivity index (χ1v) is 10.3. The molecule has 0 aliphatic carbocycles. The SMILES string of the molecule is Cc1nc(N)cc(-c2c(Nc3cccc(C(=O)Nc4ccccc4)c3)nc3cccnn23)n1. The van der Waals surface area contributed by atoms with Crippen molar-refractivity contribution in [3.05, 3.63) is 90.4 Å². The zero-order chi connectivity index (χ0) is 22.8. The molecule has 162 valence electrons. The number of anilines is 4. The standard InChI is InChI=1S/C24H20N8O/c1-15-27-19(14-20(25)28-15)22-23(31-21-11-6-12-26-32(21)22)29-18-10-5-7-16(13-18)24(33)30-17-8-3-2-4-9-17/h2-14,29H,1H3,(H,30,33)(H2,25,27,28). The lowest BCUT2D eigenvalue weighted by Crippen LogP contribution is -2.12. The summed E-state index contributed by atoms with van der Waals surface area (Å²) in [6, 6.07) is 21.8. The van der Waals surface area contributed by atoms with Crippen molar-refractivity contribution in [2.24, 2.45) is 0 Å². The van der Waals surface area contributed by atoms with E-state index in [1.807, 2.05) is 54.6 Å². The number of aryl methyl sites for hydroxylation is 1. The van der Waals surface area contributed by atoms with Gasteiger partial charge < -0.3 is 16.4 Å². The van der Waals surface area contributed by atoms with E-state index >= 15 is 0 Å². The van der Waals surface area contributed by atoms with Crippen LogP contribution >= 0.6 is 0 Å². The molecule has 5 rings (SSSR count). The number of hydrogen-bond donors (Lipinski definition) is 3. The average Bonchev–Trinajstić information content (AvgIpc) is 3.17. The smallest absolute Gasteiger partial charge is 0.255 e. The summed E-state index contributed by atoms with van der Waals surface area (Å²) in [7, 11) is 0. The van der Waals surface area contributed by atoms with Crippen LogP contribution in [0.25, 0.3) is 17.0 Å². The van der Waals surface area contributed by atoms with Gasteiger partial charge in [-0.25, -0.2) is 19.5 Å². The summed E-state index contributed by atoms with van der Waals surface area (Å²) in [5.41, 5.74) is 9.76. The third kappa shape index (κ3) is 4.19. The Labute approximate surface area is 189 Å². The lowest BCUT2D eigenvalue weighted by Gasteiger charge is -2.10. The van der Waals surface area contributed by atoms with Crippen molar-refractivity contribution in [2.75, 3.05) is 16.4 Å². The summed E-state index contributed by atoms with van der Waals surface area (Å²) in [5.74, 6) is 1.23. The van der Waals surface area contributed by atoms with Crippen LogP contribution in [0.3, 0.4) is 0 Å². The number of nitrogens with two attached hydrogens (primary N) is 1. The van der Waals surface area contributed by atoms with Gasteiger partial charge in [0.1, 0.15) is 17.3 Å². The maximum Gasteiger partial charge on any atom is 0.255 e. The summed E-state index contributed by atoms with van der Waals surface area (Å²) in [6.07, 6.45) is 1.67. The molecule has 0 bridgehead atoms. The van der Waals surface area contributed by atoms with Crippen LogP contribution in [-0.2, 0) is 0 Å². The Morgan fingerprint density at radius 3 is 2.55 bits per heavy atom. The Bertz CT molecular complexity index is 1440. The van der Waals surface area contributed by atoms with Crippen LogP contribution in [0.1, 0.15) is 16.2 Å². The second-order valence-corrected chi connectivity index (χ2v) is 7.35. The van der Waals surface area contributed by atoms with E-state index < -0.39 is 0 Å². The molecule has 4 N–H and O–H groups in total. The van der Waals surface area contributed by atoms with Gasteiger partial charge in [-0.3, -0.25) is 4.79 Å². The zero-order valence-electron chi connectivity index (χ0n) is 17.7. The molecule has 9 nitrogen and oxygen atoms in total. The van der Waals surface area contributed by atoms with Crippen LogP contribution in [0.5, 0.6) is 0 Å². The molecule has 0 aliphatic rings. The summed E-state index contributed by atoms with van der Waals surface area (Å²) in [6.45, 7) is 1.78. The van der Waals surface area contributed by atoms with E-state index in [4.69, 9.17) is 5.73 Å². The summed E-state index contributed by atoms with van der Waals surface area (Å²) in [4.78, 5) is 26.1. The van der Waals surface area contributed by atoms with Gasteiger partial charge in [0.15, 0.2) is 11.5 Å². The van der Waals surface area contributed by atoms with Gasteiger partial charge in [-0.15, -0.1) is 0 Å². The van der Waals surface area contributed by atoms with Gasteiger partial charge in [-0.05, 0) is 49.4 Å². The monoisotopic (exact) mass is 436 g/mol. The fourth-order valence-electron chi connectivity index (χ4n) is 3.52. The topological polar surface area (TPSA) is 123 Å². The molecule has 3 aromatic heterocycles. The third-order valence-electron chi connectivity index (χ3n) is 4.91. The van der Waals surface area contributed by atoms with Crippen molar-refractivity contribution >= 4 is 34.6 Å². The number of nitrogens with one attached hydrogen (secondary N) is 2. The number of nitrogens with zero attached hydrogens (tertiary/aromatic N) is 5. The van der Waals surface area contributed by atoms with Crippen LogP contribution in [0.15, 0.2) is 79.0 Å². The number of fused-ring (bicyclic) bond motifs is 1. The largest absolute Gasteiger partial charge is 0.384 e. The minimum Gasteiger partial charge on any atom is -0.384 e. The highest BCUT2D eigenvalue weighted by Gasteiger charge is 2.18. The molecule has 2 aromatic carbocycles. The molecular weight excluding hydrogens is 416 g/mol. The molecule has 0 spiro atoms. The first kappa shape index (κ1) is 20.1. The molecule has 0 radical (unpaired) electrons. The lowest BCUT2D eigenvalue weighted by molar-refractivity contribution is 0.102. The summed E-state index contributed by atoms with van der Waals surface area (Å²) < 4.78 is 1.69. The molecule has 0 fully saturated rings. The number of para-hydroxylation sites is 1. The highest BCUT2D eigenvalue weighted by Crippen LogP contribution is 2.30. The van der Waals surface area contributed by atoms with E-state index in [0.717, 1.165) is 5.69 Å². The van der Waals surface area contributed by atoms with Crippen molar-refractivity contribution in [1.82, 2.24) is 24.6 Å². The van der Waals surface area contributed by atoms with E-state index in [1.165, 1.54) is 0 Å². The Balaban J connectivity index is 1.51. The van der Waals surface area contributed by atoms with Crippen molar-refractivity contribution in [1.29, 1.82) is 0 Å². The van der Waals surface area contributed by atoms with Gasteiger partial charge in [0.2, 0.25) is 0 Å². The molecule has 0 aliphatic heterocycles. The molecule has 33 heavy (non-hydrogen) atoms. The van der Waals surface area contributed by atoms with Crippen molar-refractivity contribution < 1.29 is 4.79 Å². The Kier molecular flexibility index (Phi) is 5.12. The van der Waals surface area contributed by atoms with E-state index in [0.29, 0.717) is 45.7 Å². The first-order valence-electron chi connectivity index (χ1n) is 10.3. The normalized spacial score (nSPS) is 10.8. The maximum atomic E-state index is 12.7. The number of carbonyl (C=O) groups excluding carboxylic acids is 1. The van der Waals surface area contributed by atoms with Crippen molar-refractivity contribution in [2.45, 2.75) is 6.92 Å². The van der Waals surface area contributed by atoms with Crippen LogP contribution in [0.2, 0.25) is 0 Å². The predicted octanol–water partition coefficient (Wildman–Crippen LogP) is 4.07. The number of carbonyl (C=O) groups is 1. The van der Waals surface area contributed by atoms with Crippen molar-refractivity contribution in [3.8, 4) is 11.4 Å². The Morgan fingerprint density at radius 1 is 0.909 bits per heavy atom. The highest BCUT2D eigenvalue weighted by atomic mass is 16.1. The van der Waals surface area contributed by atoms with Crippen LogP contribution < -0.4 is 16.4 Å². The van der Waals surface area contributed by atoms with E-state index in [-0.39, 0.29) is 5.91 Å². The molecule has 0 unspecified atom stereocenters. The van der Waals surface area contributed by atoms with Gasteiger partial charge in [0.25, 0.3) is 5.91 Å². The minimum absolute atomic E-state index is 0.207. The number of rotatable bonds is 5. The number of amides is 1. The molecule has 9 heteroatoms. The number of hydrogen-bond acceptors (Lipinski definition) is 7. The van der Waals surface area contributed by atoms with Crippen molar-refractivity contribution in [3.63, 3.8) is 0 Å². The zero-order valence-corrected chi connectivity index (χ0v) is 17.7. The molecule has 3 heterocycles. The van der Waals surface area contributed by atoms with Gasteiger partial charge in [-0.2, -0.15) is 5.10 Å². The van der Waals surface area contributed by atoms with E-state index in [1.54, 1.807) is 35.8 Å². The molecule has 5 aromatic rings. The maximum absolute atomic E-state index is 12.7. The Hall–Kier alpha value is -4.79. The summed E-state index contributed by atoms with van der Waals surface area (Å²) >= 11 is 0. The van der Waals surface area contributed by atoms with Gasteiger partial charge >= 0.3 is 0 Å². The van der Waals surface area contributed by atoms with Gasteiger partial charge in [0.05, 0.1) is 5.69 Å². The molecule has 0 saturated heterocycles. The molecular formula is C24H20N8O. The fraction of sp³-hybridized carbons (Fsp3) is 0.0417. The second kappa shape index (κ2) is 8.39. The highest BCUT2D eigenvalue weighted by molar-refractivity contribution is 6.04. The molecule has 0 saturated carbocycles. The molecule has 1 amide bonds. The van der Waals surface area contributed by atoms with Gasteiger partial charge in [0, 0.05) is 29.2 Å². The van der Waals surface area contributed by atoms with Crippen LogP contribution in [0.4, 0.5) is 23.0 Å². The number of nitrogen functional groups attached to an aromatic ring is 1. The van der Waals surface area contributed by atoms with Crippen LogP contribution in [-0.4, -0.2) is 30.5 Å². The number of benzene rings is 2. The molecule has 0 atom stereocenters. The van der Waals surface area contributed by atoms with Crippen LogP contribution in [0, 0.1) is 6.92 Å². The Morgan fingerprint density at radius 2 is 1.73 bits per heavy atom. The first-order chi connectivity index (χ1) is 16.1. The quantitative estimate of drug-likeness (QED) is 0.379. The predicted molar refractivity (Wildman–Crippen MR) is 127 cm³/mol.